The van der Waals surface area contributed by atoms with Crippen molar-refractivity contribution in [2.24, 2.45) is 5.92 Å². The van der Waals surface area contributed by atoms with Crippen LogP contribution in [-0.4, -0.2) is 39.5 Å². The fourth-order valence-electron chi connectivity index (χ4n) is 2.37. The largest absolute Gasteiger partial charge is 0.481 e. The normalized spacial score (nSPS) is 23.2. The van der Waals surface area contributed by atoms with E-state index in [-0.39, 0.29) is 11.9 Å². The number of aromatic nitrogens is 1. The van der Waals surface area contributed by atoms with E-state index >= 15 is 0 Å². The molecule has 1 fully saturated rings. The number of piperidine rings is 1. The third-order valence-electron chi connectivity index (χ3n) is 3.46. The fraction of sp³-hybridized carbons (Fsp3) is 0.462. The SMILES string of the molecule is CC1CC(C(=O)O)CCN1C(=O)c1ccc(F)nc1. The Morgan fingerprint density at radius 1 is 1.47 bits per heavy atom. The zero-order valence-electron chi connectivity index (χ0n) is 10.5. The van der Waals surface area contributed by atoms with Crippen LogP contribution in [0.2, 0.25) is 0 Å². The Bertz CT molecular complexity index is 489. The zero-order chi connectivity index (χ0) is 14.0. The Labute approximate surface area is 110 Å². The predicted molar refractivity (Wildman–Crippen MR) is 65.1 cm³/mol. The molecule has 1 aromatic heterocycles. The highest BCUT2D eigenvalue weighted by Crippen LogP contribution is 2.24. The van der Waals surface area contributed by atoms with Crippen LogP contribution in [0.3, 0.4) is 0 Å². The molecule has 1 aliphatic rings. The second-order valence-corrected chi connectivity index (χ2v) is 4.78. The summed E-state index contributed by atoms with van der Waals surface area (Å²) in [5.41, 5.74) is 0.321. The van der Waals surface area contributed by atoms with Gasteiger partial charge in [0.25, 0.3) is 5.91 Å². The molecule has 19 heavy (non-hydrogen) atoms. The Kier molecular flexibility index (Phi) is 3.78. The van der Waals surface area contributed by atoms with Crippen molar-refractivity contribution in [2.45, 2.75) is 25.8 Å². The predicted octanol–water partition coefficient (Wildman–Crippen LogP) is 1.55. The molecule has 2 atom stereocenters. The van der Waals surface area contributed by atoms with Gasteiger partial charge in [-0.3, -0.25) is 9.59 Å². The molecule has 0 radical (unpaired) electrons. The molecule has 0 aliphatic carbocycles. The minimum Gasteiger partial charge on any atom is -0.481 e. The van der Waals surface area contributed by atoms with Crippen molar-refractivity contribution in [1.29, 1.82) is 0 Å². The van der Waals surface area contributed by atoms with Crippen LogP contribution in [0.4, 0.5) is 4.39 Å². The number of hydrogen-bond acceptors (Lipinski definition) is 3. The van der Waals surface area contributed by atoms with Gasteiger partial charge in [-0.05, 0) is 31.9 Å². The van der Waals surface area contributed by atoms with E-state index in [1.165, 1.54) is 12.3 Å². The number of rotatable bonds is 2. The Morgan fingerprint density at radius 2 is 2.21 bits per heavy atom. The van der Waals surface area contributed by atoms with E-state index in [2.05, 4.69) is 4.98 Å². The molecule has 1 amide bonds. The summed E-state index contributed by atoms with van der Waals surface area (Å²) in [6.45, 7) is 2.22. The molecule has 0 aromatic carbocycles. The van der Waals surface area contributed by atoms with E-state index in [9.17, 15) is 14.0 Å². The highest BCUT2D eigenvalue weighted by Gasteiger charge is 2.32. The summed E-state index contributed by atoms with van der Waals surface area (Å²) in [5.74, 6) is -2.08. The summed E-state index contributed by atoms with van der Waals surface area (Å²) in [5, 5.41) is 8.97. The molecule has 6 heteroatoms. The van der Waals surface area contributed by atoms with Gasteiger partial charge in [0.1, 0.15) is 0 Å². The standard InChI is InChI=1S/C13H15FN2O3/c1-8-6-9(13(18)19)4-5-16(8)12(17)10-2-3-11(14)15-7-10/h2-3,7-9H,4-6H2,1H3,(H,18,19). The molecule has 0 saturated carbocycles. The summed E-state index contributed by atoms with van der Waals surface area (Å²) in [6, 6.07) is 2.38. The number of aliphatic carboxylic acids is 1. The van der Waals surface area contributed by atoms with E-state index in [1.807, 2.05) is 6.92 Å². The van der Waals surface area contributed by atoms with Crippen LogP contribution in [0.1, 0.15) is 30.1 Å². The molecule has 1 N–H and O–H groups in total. The lowest BCUT2D eigenvalue weighted by Crippen LogP contribution is -2.46. The number of carbonyl (C=O) groups excluding carboxylic acids is 1. The number of amides is 1. The van der Waals surface area contributed by atoms with Gasteiger partial charge < -0.3 is 10.0 Å². The number of halogens is 1. The Balaban J connectivity index is 2.08. The van der Waals surface area contributed by atoms with Gasteiger partial charge in [0.2, 0.25) is 5.95 Å². The van der Waals surface area contributed by atoms with Gasteiger partial charge in [-0.2, -0.15) is 4.39 Å². The molecule has 102 valence electrons. The molecule has 2 heterocycles. The molecule has 5 nitrogen and oxygen atoms in total. The van der Waals surface area contributed by atoms with Crippen LogP contribution < -0.4 is 0 Å². The molecule has 2 unspecified atom stereocenters. The lowest BCUT2D eigenvalue weighted by Gasteiger charge is -2.36. The number of carbonyl (C=O) groups is 2. The Hall–Kier alpha value is -1.98. The number of carboxylic acids is 1. The van der Waals surface area contributed by atoms with Gasteiger partial charge >= 0.3 is 5.97 Å². The number of pyridine rings is 1. The first-order chi connectivity index (χ1) is 8.99. The molecule has 0 bridgehead atoms. The summed E-state index contributed by atoms with van der Waals surface area (Å²) in [6.07, 6.45) is 2.09. The summed E-state index contributed by atoms with van der Waals surface area (Å²) in [7, 11) is 0. The van der Waals surface area contributed by atoms with E-state index in [1.54, 1.807) is 4.90 Å². The quantitative estimate of drug-likeness (QED) is 0.824. The number of hydrogen-bond donors (Lipinski definition) is 1. The maximum Gasteiger partial charge on any atom is 0.306 e. The van der Waals surface area contributed by atoms with Crippen molar-refractivity contribution < 1.29 is 19.1 Å². The first-order valence-electron chi connectivity index (χ1n) is 6.14. The van der Waals surface area contributed by atoms with Crippen molar-refractivity contribution in [3.63, 3.8) is 0 Å². The highest BCUT2D eigenvalue weighted by atomic mass is 19.1. The lowest BCUT2D eigenvalue weighted by molar-refractivity contribution is -0.143. The average molecular weight is 266 g/mol. The van der Waals surface area contributed by atoms with Crippen molar-refractivity contribution in [3.8, 4) is 0 Å². The first kappa shape index (κ1) is 13.5. The summed E-state index contributed by atoms with van der Waals surface area (Å²) in [4.78, 5) is 28.2. The third-order valence-corrected chi connectivity index (χ3v) is 3.46. The van der Waals surface area contributed by atoms with Crippen LogP contribution in [0.25, 0.3) is 0 Å². The second-order valence-electron chi connectivity index (χ2n) is 4.78. The molecular formula is C13H15FN2O3. The third kappa shape index (κ3) is 2.89. The molecular weight excluding hydrogens is 251 g/mol. The smallest absolute Gasteiger partial charge is 0.306 e. The van der Waals surface area contributed by atoms with Crippen molar-refractivity contribution in [2.75, 3.05) is 6.54 Å². The van der Waals surface area contributed by atoms with Crippen LogP contribution >= 0.6 is 0 Å². The highest BCUT2D eigenvalue weighted by molar-refractivity contribution is 5.94. The molecule has 1 saturated heterocycles. The van der Waals surface area contributed by atoms with Gasteiger partial charge in [-0.25, -0.2) is 4.98 Å². The van der Waals surface area contributed by atoms with E-state index in [4.69, 9.17) is 5.11 Å². The first-order valence-corrected chi connectivity index (χ1v) is 6.14. The molecule has 1 aromatic rings. The van der Waals surface area contributed by atoms with Crippen LogP contribution in [-0.2, 0) is 4.79 Å². The number of nitrogens with zero attached hydrogens (tertiary/aromatic N) is 2. The maximum atomic E-state index is 12.7. The molecule has 2 rings (SSSR count). The topological polar surface area (TPSA) is 70.5 Å². The van der Waals surface area contributed by atoms with Gasteiger partial charge in [-0.1, -0.05) is 0 Å². The Morgan fingerprint density at radius 3 is 2.74 bits per heavy atom. The maximum absolute atomic E-state index is 12.7. The summed E-state index contributed by atoms with van der Waals surface area (Å²) >= 11 is 0. The minimum atomic E-state index is -0.817. The van der Waals surface area contributed by atoms with Crippen molar-refractivity contribution in [1.82, 2.24) is 9.88 Å². The van der Waals surface area contributed by atoms with Gasteiger partial charge in [-0.15, -0.1) is 0 Å². The zero-order valence-corrected chi connectivity index (χ0v) is 10.5. The van der Waals surface area contributed by atoms with E-state index in [0.29, 0.717) is 24.9 Å². The average Bonchev–Trinajstić information content (AvgIpc) is 2.38. The van der Waals surface area contributed by atoms with Crippen molar-refractivity contribution in [3.05, 3.63) is 29.8 Å². The monoisotopic (exact) mass is 266 g/mol. The van der Waals surface area contributed by atoms with Gasteiger partial charge in [0.15, 0.2) is 0 Å². The van der Waals surface area contributed by atoms with Crippen LogP contribution in [0, 0.1) is 11.9 Å². The second kappa shape index (κ2) is 5.34. The fourth-order valence-corrected chi connectivity index (χ4v) is 2.37. The number of carboxylic acid groups (broad SMARTS) is 1. The summed E-state index contributed by atoms with van der Waals surface area (Å²) < 4.78 is 12.7. The minimum absolute atomic E-state index is 0.146. The molecule has 1 aliphatic heterocycles. The van der Waals surface area contributed by atoms with E-state index < -0.39 is 17.8 Å². The van der Waals surface area contributed by atoms with E-state index in [0.717, 1.165) is 6.07 Å². The van der Waals surface area contributed by atoms with Crippen LogP contribution in [0.15, 0.2) is 18.3 Å². The van der Waals surface area contributed by atoms with Gasteiger partial charge in [0, 0.05) is 18.8 Å². The number of likely N-dealkylation sites (tertiary alicyclic amines) is 1. The molecule has 0 spiro atoms. The van der Waals surface area contributed by atoms with Crippen LogP contribution in [0.5, 0.6) is 0 Å². The van der Waals surface area contributed by atoms with Gasteiger partial charge in [0.05, 0.1) is 11.5 Å². The lowest BCUT2D eigenvalue weighted by atomic mass is 9.91. The van der Waals surface area contributed by atoms with Crippen molar-refractivity contribution >= 4 is 11.9 Å².